The molecule has 0 bridgehead atoms. The van der Waals surface area contributed by atoms with Crippen molar-refractivity contribution in [2.24, 2.45) is 0 Å². The van der Waals surface area contributed by atoms with Gasteiger partial charge in [0.05, 0.1) is 18.6 Å². The van der Waals surface area contributed by atoms with Crippen LogP contribution in [0.15, 0.2) is 36.9 Å². The van der Waals surface area contributed by atoms with Crippen LogP contribution in [0, 0.1) is 0 Å². The number of halogens is 2. The molecule has 4 heterocycles. The monoisotopic (exact) mass is 428 g/mol. The third-order valence-corrected chi connectivity index (χ3v) is 5.69. The van der Waals surface area contributed by atoms with Gasteiger partial charge in [0, 0.05) is 42.0 Å². The van der Waals surface area contributed by atoms with E-state index in [0.717, 1.165) is 22.2 Å². The summed E-state index contributed by atoms with van der Waals surface area (Å²) in [5, 5.41) is 4.11. The molecular formula is C21H22F2N6O2. The number of nitrogens with one attached hydrogen (secondary N) is 2. The van der Waals surface area contributed by atoms with Crippen molar-refractivity contribution in [1.82, 2.24) is 24.3 Å². The Kier molecular flexibility index (Phi) is 5.14. The van der Waals surface area contributed by atoms with E-state index >= 15 is 0 Å². The lowest BCUT2D eigenvalue weighted by molar-refractivity contribution is -0.169. The van der Waals surface area contributed by atoms with E-state index in [4.69, 9.17) is 4.74 Å². The maximum Gasteiger partial charge on any atom is 0.345 e. The topological polar surface area (TPSA) is 89.4 Å². The summed E-state index contributed by atoms with van der Waals surface area (Å²) in [7, 11) is 1.58. The fourth-order valence-corrected chi connectivity index (χ4v) is 4.19. The Morgan fingerprint density at radius 2 is 2.03 bits per heavy atom. The Morgan fingerprint density at radius 1 is 1.19 bits per heavy atom. The molecule has 0 amide bonds. The molecule has 8 nitrogen and oxygen atoms in total. The van der Waals surface area contributed by atoms with Crippen LogP contribution in [-0.2, 0) is 4.74 Å². The number of nitrogens with zero attached hydrogens (tertiary/aromatic N) is 4. The predicted octanol–water partition coefficient (Wildman–Crippen LogP) is 4.24. The largest absolute Gasteiger partial charge is 0.480 e. The zero-order chi connectivity index (χ0) is 21.4. The second-order valence-corrected chi connectivity index (χ2v) is 7.61. The first-order valence-electron chi connectivity index (χ1n) is 10.2. The van der Waals surface area contributed by atoms with Crippen molar-refractivity contribution in [2.75, 3.05) is 12.4 Å². The van der Waals surface area contributed by atoms with Crippen molar-refractivity contribution in [3.05, 3.63) is 36.9 Å². The fourth-order valence-electron chi connectivity index (χ4n) is 4.19. The van der Waals surface area contributed by atoms with E-state index in [1.807, 2.05) is 35.1 Å². The van der Waals surface area contributed by atoms with E-state index in [0.29, 0.717) is 43.2 Å². The number of imidazole rings is 1. The number of H-pyrrole nitrogens is 1. The Balaban J connectivity index is 1.39. The number of fused-ring (bicyclic) bond motifs is 2. The van der Waals surface area contributed by atoms with Crippen LogP contribution in [0.1, 0.15) is 25.7 Å². The highest BCUT2D eigenvalue weighted by Crippen LogP contribution is 2.35. The van der Waals surface area contributed by atoms with E-state index in [2.05, 4.69) is 30.0 Å². The van der Waals surface area contributed by atoms with Crippen LogP contribution < -0.4 is 10.1 Å². The Hall–Kier alpha value is -3.27. The molecule has 0 radical (unpaired) electrons. The second-order valence-electron chi connectivity index (χ2n) is 7.61. The standard InChI is InChI=1S/C21H22F2N6O2/c1-30-19-17-15(12-2-7-16-24-8-9-29(16)11-12)10-25-18(17)27-21(28-19)26-13-3-5-14(6-4-13)31-20(22)23/h2,7-11,13-14,20H,3-6H2,1H3,(H2,25,26,27,28)/t13-,14+. The van der Waals surface area contributed by atoms with E-state index in [1.54, 1.807) is 13.3 Å². The van der Waals surface area contributed by atoms with E-state index < -0.39 is 12.7 Å². The lowest BCUT2D eigenvalue weighted by atomic mass is 9.93. The first-order chi connectivity index (χ1) is 15.1. The van der Waals surface area contributed by atoms with Crippen molar-refractivity contribution < 1.29 is 18.3 Å². The van der Waals surface area contributed by atoms with Crippen LogP contribution in [0.25, 0.3) is 27.8 Å². The Bertz CT molecular complexity index is 1200. The highest BCUT2D eigenvalue weighted by Gasteiger charge is 2.25. The SMILES string of the molecule is COc1nc(N[C@H]2CC[C@@H](OC(F)F)CC2)nc2[nH]cc(-c3ccc4nccn4c3)c12. The minimum absolute atomic E-state index is 0.0951. The minimum Gasteiger partial charge on any atom is -0.480 e. The summed E-state index contributed by atoms with van der Waals surface area (Å²) < 4.78 is 37.0. The van der Waals surface area contributed by atoms with Crippen molar-refractivity contribution in [1.29, 1.82) is 0 Å². The molecule has 4 aromatic rings. The maximum absolute atomic E-state index is 12.4. The van der Waals surface area contributed by atoms with Gasteiger partial charge in [-0.15, -0.1) is 0 Å². The van der Waals surface area contributed by atoms with Gasteiger partial charge in [-0.1, -0.05) is 0 Å². The van der Waals surface area contributed by atoms with E-state index in [9.17, 15) is 8.78 Å². The zero-order valence-corrected chi connectivity index (χ0v) is 16.9. The van der Waals surface area contributed by atoms with Crippen molar-refractivity contribution >= 4 is 22.6 Å². The lowest BCUT2D eigenvalue weighted by Gasteiger charge is -2.28. The molecule has 5 rings (SSSR count). The van der Waals surface area contributed by atoms with Crippen molar-refractivity contribution in [3.8, 4) is 17.0 Å². The number of aromatic amines is 1. The molecule has 31 heavy (non-hydrogen) atoms. The average molecular weight is 428 g/mol. The number of aromatic nitrogens is 5. The van der Waals surface area contributed by atoms with Gasteiger partial charge in [-0.3, -0.25) is 0 Å². The van der Waals surface area contributed by atoms with Crippen molar-refractivity contribution in [2.45, 2.75) is 44.4 Å². The van der Waals surface area contributed by atoms with Crippen LogP contribution in [0.2, 0.25) is 0 Å². The van der Waals surface area contributed by atoms with Gasteiger partial charge in [0.1, 0.15) is 11.3 Å². The average Bonchev–Trinajstić information content (AvgIpc) is 3.40. The van der Waals surface area contributed by atoms with Crippen LogP contribution in [0.3, 0.4) is 0 Å². The van der Waals surface area contributed by atoms with Crippen LogP contribution in [-0.4, -0.2) is 50.2 Å². The number of pyridine rings is 1. The van der Waals surface area contributed by atoms with Gasteiger partial charge in [-0.25, -0.2) is 4.98 Å². The third-order valence-electron chi connectivity index (χ3n) is 5.69. The maximum atomic E-state index is 12.4. The summed E-state index contributed by atoms with van der Waals surface area (Å²) in [5.41, 5.74) is 3.44. The number of rotatable bonds is 6. The summed E-state index contributed by atoms with van der Waals surface area (Å²) >= 11 is 0. The molecule has 1 aliphatic rings. The molecule has 2 N–H and O–H groups in total. The third kappa shape index (κ3) is 3.90. The highest BCUT2D eigenvalue weighted by molar-refractivity contribution is 5.97. The molecule has 0 atom stereocenters. The van der Waals surface area contributed by atoms with Crippen LogP contribution >= 0.6 is 0 Å². The number of alkyl halides is 2. The highest BCUT2D eigenvalue weighted by atomic mass is 19.3. The quantitative estimate of drug-likeness (QED) is 0.477. The number of hydrogen-bond donors (Lipinski definition) is 2. The summed E-state index contributed by atoms with van der Waals surface area (Å²) in [6.07, 6.45) is 9.70. The second kappa shape index (κ2) is 8.10. The number of ether oxygens (including phenoxy) is 2. The van der Waals surface area contributed by atoms with Gasteiger partial charge >= 0.3 is 6.61 Å². The van der Waals surface area contributed by atoms with Gasteiger partial charge in [0.15, 0.2) is 0 Å². The lowest BCUT2D eigenvalue weighted by Crippen LogP contribution is -2.31. The minimum atomic E-state index is -2.72. The predicted molar refractivity (Wildman–Crippen MR) is 111 cm³/mol. The first kappa shape index (κ1) is 19.7. The summed E-state index contributed by atoms with van der Waals surface area (Å²) in [5.74, 6) is 0.908. The fraction of sp³-hybridized carbons (Fsp3) is 0.381. The molecule has 1 fully saturated rings. The normalized spacial score (nSPS) is 19.4. The summed E-state index contributed by atoms with van der Waals surface area (Å²) in [4.78, 5) is 16.7. The molecule has 1 saturated carbocycles. The molecule has 0 aliphatic heterocycles. The Morgan fingerprint density at radius 3 is 2.81 bits per heavy atom. The van der Waals surface area contributed by atoms with Crippen molar-refractivity contribution in [3.63, 3.8) is 0 Å². The number of anilines is 1. The molecule has 10 heteroatoms. The van der Waals surface area contributed by atoms with Gasteiger partial charge in [-0.2, -0.15) is 18.7 Å². The molecule has 162 valence electrons. The smallest absolute Gasteiger partial charge is 0.345 e. The summed E-state index contributed by atoms with van der Waals surface area (Å²) in [6, 6.07) is 4.04. The Labute approximate surface area is 176 Å². The van der Waals surface area contributed by atoms with Gasteiger partial charge in [0.2, 0.25) is 11.8 Å². The van der Waals surface area contributed by atoms with Gasteiger partial charge in [0.25, 0.3) is 0 Å². The number of hydrogen-bond acceptors (Lipinski definition) is 6. The molecular weight excluding hydrogens is 406 g/mol. The molecule has 0 spiro atoms. The molecule has 0 aromatic carbocycles. The zero-order valence-electron chi connectivity index (χ0n) is 16.9. The van der Waals surface area contributed by atoms with Gasteiger partial charge < -0.3 is 24.2 Å². The number of methoxy groups -OCH3 is 1. The molecule has 0 unspecified atom stereocenters. The molecule has 1 aliphatic carbocycles. The van der Waals surface area contributed by atoms with Crippen LogP contribution in [0.5, 0.6) is 5.88 Å². The van der Waals surface area contributed by atoms with Crippen LogP contribution in [0.4, 0.5) is 14.7 Å². The molecule has 0 saturated heterocycles. The summed E-state index contributed by atoms with van der Waals surface area (Å²) in [6.45, 7) is -2.72. The van der Waals surface area contributed by atoms with E-state index in [-0.39, 0.29) is 6.04 Å². The van der Waals surface area contributed by atoms with Gasteiger partial charge in [-0.05, 0) is 37.8 Å². The first-order valence-corrected chi connectivity index (χ1v) is 10.2. The molecule has 4 aromatic heterocycles. The van der Waals surface area contributed by atoms with E-state index in [1.165, 1.54) is 0 Å².